The number of benzene rings is 20. The summed E-state index contributed by atoms with van der Waals surface area (Å²) in [5.41, 5.74) is 18.1. The van der Waals surface area contributed by atoms with Gasteiger partial charge in [-0.1, -0.05) is 291 Å². The van der Waals surface area contributed by atoms with E-state index in [1.807, 2.05) is 0 Å². The van der Waals surface area contributed by atoms with E-state index in [0.717, 1.165) is 68.2 Å². The summed E-state index contributed by atoms with van der Waals surface area (Å²) in [7, 11) is 0. The van der Waals surface area contributed by atoms with Crippen molar-refractivity contribution in [3.05, 3.63) is 437 Å². The number of hydrogen-bond acceptors (Lipinski definition) is 4. The van der Waals surface area contributed by atoms with Crippen molar-refractivity contribution in [3.8, 4) is 22.3 Å². The van der Waals surface area contributed by atoms with Crippen LogP contribution in [0.5, 0.6) is 0 Å². The van der Waals surface area contributed by atoms with Crippen LogP contribution < -0.4 is 19.6 Å². The van der Waals surface area contributed by atoms with Crippen molar-refractivity contribution in [1.29, 1.82) is 0 Å². The van der Waals surface area contributed by atoms with Gasteiger partial charge in [-0.05, 0) is 254 Å². The quantitative estimate of drug-likeness (QED) is 0.101. The van der Waals surface area contributed by atoms with Crippen molar-refractivity contribution in [2.24, 2.45) is 0 Å². The number of hydrogen-bond donors (Lipinski definition) is 0. The second kappa shape index (κ2) is 28.4. The maximum atomic E-state index is 2.34. The van der Waals surface area contributed by atoms with Crippen LogP contribution in [0.15, 0.2) is 437 Å². The van der Waals surface area contributed by atoms with Gasteiger partial charge in [-0.3, -0.25) is 0 Å². The van der Waals surface area contributed by atoms with Gasteiger partial charge in [0.2, 0.25) is 0 Å². The maximum Gasteiger partial charge on any atom is 0.0468 e. The molecule has 0 amide bonds. The average Bonchev–Trinajstić information content (AvgIpc) is 0.786. The molecule has 0 spiro atoms. The highest BCUT2D eigenvalue weighted by atomic mass is 15.2. The van der Waals surface area contributed by atoms with Crippen molar-refractivity contribution in [2.45, 2.75) is 0 Å². The predicted octanol–water partition coefficient (Wildman–Crippen LogP) is 29.8. The highest BCUT2D eigenvalue weighted by Crippen LogP contribution is 2.45. The fourth-order valence-corrected chi connectivity index (χ4v) is 15.9. The van der Waals surface area contributed by atoms with Crippen LogP contribution in [0.1, 0.15) is 0 Å². The summed E-state index contributed by atoms with van der Waals surface area (Å²) in [4.78, 5) is 9.36. The molecule has 4 nitrogen and oxygen atoms in total. The molecule has 0 fully saturated rings. The minimum Gasteiger partial charge on any atom is -0.310 e. The van der Waals surface area contributed by atoms with Crippen LogP contribution in [-0.2, 0) is 0 Å². The Morgan fingerprint density at radius 3 is 0.472 bits per heavy atom. The molecule has 0 aromatic heterocycles. The van der Waals surface area contributed by atoms with E-state index in [9.17, 15) is 0 Å². The Bertz CT molecular complexity index is 5830. The maximum absolute atomic E-state index is 2.34. The first-order valence-corrected chi connectivity index (χ1v) is 37.0. The molecule has 0 atom stereocenters. The lowest BCUT2D eigenvalue weighted by molar-refractivity contribution is 1.28. The third kappa shape index (κ3) is 12.5. The monoisotopic (exact) mass is 1380 g/mol. The molecule has 0 saturated carbocycles. The summed E-state index contributed by atoms with van der Waals surface area (Å²) >= 11 is 0. The zero-order valence-electron chi connectivity index (χ0n) is 59.4. The minimum absolute atomic E-state index is 1.11. The van der Waals surface area contributed by atoms with Crippen molar-refractivity contribution in [1.82, 2.24) is 0 Å². The second-order valence-electron chi connectivity index (χ2n) is 27.6. The van der Waals surface area contributed by atoms with Gasteiger partial charge in [-0.15, -0.1) is 0 Å². The Labute approximate surface area is 629 Å². The first kappa shape index (κ1) is 64.5. The third-order valence-corrected chi connectivity index (χ3v) is 21.2. The zero-order valence-corrected chi connectivity index (χ0v) is 59.4. The van der Waals surface area contributed by atoms with Gasteiger partial charge >= 0.3 is 0 Å². The van der Waals surface area contributed by atoms with Gasteiger partial charge in [0.1, 0.15) is 0 Å². The summed E-state index contributed by atoms with van der Waals surface area (Å²) in [5.74, 6) is 0. The van der Waals surface area contributed by atoms with E-state index in [2.05, 4.69) is 456 Å². The normalized spacial score (nSPS) is 11.3. The van der Waals surface area contributed by atoms with Crippen LogP contribution >= 0.6 is 0 Å². The van der Waals surface area contributed by atoms with Crippen LogP contribution in [-0.4, -0.2) is 0 Å². The number of rotatable bonds is 14. The van der Waals surface area contributed by atoms with Crippen molar-refractivity contribution >= 4 is 154 Å². The molecular formula is C104H72N4. The average molecular weight is 1380 g/mol. The summed E-state index contributed by atoms with van der Waals surface area (Å²) < 4.78 is 0. The summed E-state index contributed by atoms with van der Waals surface area (Å²) in [6.07, 6.45) is 0. The van der Waals surface area contributed by atoms with E-state index in [-0.39, 0.29) is 0 Å². The SMILES string of the molecule is c1ccc(N(c2ccc(-c3ccc(N(c4ccccc4)c4ccc5c(ccc6ccccc65)c4)cc3)cc2)c2ccc3c(ccc4ccccc43)c2)cc1.c1ccc(N(c2ccc(-c3ccc(N(c4ccccc4)c4ccc5c(ccc6ccccc65)c4)cc3)cc2)c2ccc3c(ccc4ccccc43)c2)cc1. The number of anilines is 12. The standard InChI is InChI=1S/2C52H36N2/c2*1-3-13-43(14-4-1)53(47-31-33-51-41(35-47)21-19-39-11-7-9-17-49(39)51)45-27-23-37(24-28-45)38-25-29-46(30-26-38)54(44-15-5-2-6-16-44)48-32-34-52-42(36-48)22-20-40-12-8-10-18-50(40)52/h2*1-36H. The Balaban J connectivity index is 0.000000147. The Kier molecular flexibility index (Phi) is 17.0. The summed E-state index contributed by atoms with van der Waals surface area (Å²) in [6, 6.07) is 158. The molecule has 0 N–H and O–H groups in total. The molecule has 0 aliphatic rings. The van der Waals surface area contributed by atoms with E-state index in [4.69, 9.17) is 0 Å². The topological polar surface area (TPSA) is 13.0 Å². The molecule has 0 aliphatic heterocycles. The summed E-state index contributed by atoms with van der Waals surface area (Å²) in [5, 5.41) is 20.1. The Morgan fingerprint density at radius 2 is 0.259 bits per heavy atom. The first-order chi connectivity index (χ1) is 53.5. The van der Waals surface area contributed by atoms with E-state index < -0.39 is 0 Å². The zero-order chi connectivity index (χ0) is 71.7. The molecule has 4 heteroatoms. The van der Waals surface area contributed by atoms with Gasteiger partial charge in [0, 0.05) is 68.2 Å². The van der Waals surface area contributed by atoms with Gasteiger partial charge in [0.15, 0.2) is 0 Å². The van der Waals surface area contributed by atoms with E-state index in [0.29, 0.717) is 0 Å². The van der Waals surface area contributed by atoms with Crippen LogP contribution in [0.4, 0.5) is 68.2 Å². The van der Waals surface area contributed by atoms with Gasteiger partial charge in [0.25, 0.3) is 0 Å². The van der Waals surface area contributed by atoms with E-state index in [1.54, 1.807) is 0 Å². The lowest BCUT2D eigenvalue weighted by atomic mass is 10.0. The van der Waals surface area contributed by atoms with Crippen LogP contribution in [0.3, 0.4) is 0 Å². The molecule has 508 valence electrons. The molecule has 0 aliphatic carbocycles. The van der Waals surface area contributed by atoms with Crippen molar-refractivity contribution < 1.29 is 0 Å². The smallest absolute Gasteiger partial charge is 0.0468 e. The molecule has 20 rings (SSSR count). The van der Waals surface area contributed by atoms with Gasteiger partial charge in [-0.25, -0.2) is 0 Å². The lowest BCUT2D eigenvalue weighted by Crippen LogP contribution is -2.10. The first-order valence-electron chi connectivity index (χ1n) is 37.0. The number of nitrogens with zero attached hydrogens (tertiary/aromatic N) is 4. The Morgan fingerprint density at radius 1 is 0.102 bits per heavy atom. The molecule has 0 heterocycles. The molecule has 0 unspecified atom stereocenters. The van der Waals surface area contributed by atoms with Crippen LogP contribution in [0.2, 0.25) is 0 Å². The third-order valence-electron chi connectivity index (χ3n) is 21.2. The van der Waals surface area contributed by atoms with Crippen molar-refractivity contribution in [2.75, 3.05) is 19.6 Å². The molecule has 20 aromatic rings. The molecular weight excluding hydrogens is 1310 g/mol. The Hall–Kier alpha value is -14.3. The molecule has 0 bridgehead atoms. The summed E-state index contributed by atoms with van der Waals surface area (Å²) in [6.45, 7) is 0. The largest absolute Gasteiger partial charge is 0.310 e. The fourth-order valence-electron chi connectivity index (χ4n) is 15.9. The van der Waals surface area contributed by atoms with Gasteiger partial charge < -0.3 is 19.6 Å². The van der Waals surface area contributed by atoms with Crippen LogP contribution in [0, 0.1) is 0 Å². The molecule has 0 radical (unpaired) electrons. The van der Waals surface area contributed by atoms with Crippen LogP contribution in [0.25, 0.3) is 108 Å². The number of fused-ring (bicyclic) bond motifs is 12. The van der Waals surface area contributed by atoms with Crippen molar-refractivity contribution in [3.63, 3.8) is 0 Å². The van der Waals surface area contributed by atoms with Gasteiger partial charge in [0.05, 0.1) is 0 Å². The fraction of sp³-hybridized carbons (Fsp3) is 0. The van der Waals surface area contributed by atoms with E-state index in [1.165, 1.54) is 108 Å². The highest BCUT2D eigenvalue weighted by Gasteiger charge is 2.20. The molecule has 0 saturated heterocycles. The molecule has 108 heavy (non-hydrogen) atoms. The molecule has 20 aromatic carbocycles. The predicted molar refractivity (Wildman–Crippen MR) is 463 cm³/mol. The van der Waals surface area contributed by atoms with E-state index >= 15 is 0 Å². The highest BCUT2D eigenvalue weighted by molar-refractivity contribution is 6.12. The minimum atomic E-state index is 1.11. The lowest BCUT2D eigenvalue weighted by Gasteiger charge is -2.26. The second-order valence-corrected chi connectivity index (χ2v) is 27.6. The van der Waals surface area contributed by atoms with Gasteiger partial charge in [-0.2, -0.15) is 0 Å². The number of para-hydroxylation sites is 4.